The summed E-state index contributed by atoms with van der Waals surface area (Å²) in [4.78, 5) is 28.8. The molecule has 142 valence electrons. The summed E-state index contributed by atoms with van der Waals surface area (Å²) in [5, 5.41) is 5.86. The van der Waals surface area contributed by atoms with Gasteiger partial charge in [-0.25, -0.2) is 14.6 Å². The van der Waals surface area contributed by atoms with Crippen LogP contribution in [-0.4, -0.2) is 20.7 Å². The molecule has 7 nitrogen and oxygen atoms in total. The van der Waals surface area contributed by atoms with Gasteiger partial charge in [-0.15, -0.1) is 0 Å². The normalized spacial score (nSPS) is 11.3. The molecule has 0 spiro atoms. The molecule has 0 saturated carbocycles. The number of aromatic nitrogens is 3. The first-order valence-electron chi connectivity index (χ1n) is 8.84. The molecular formula is C21H19N3O4. The van der Waals surface area contributed by atoms with Crippen LogP contribution in [0.2, 0.25) is 0 Å². The Morgan fingerprint density at radius 2 is 1.96 bits per heavy atom. The van der Waals surface area contributed by atoms with Crippen LogP contribution in [0.5, 0.6) is 0 Å². The topological polar surface area (TPSA) is 87.2 Å². The van der Waals surface area contributed by atoms with Crippen molar-refractivity contribution in [1.29, 1.82) is 0 Å². The maximum Gasteiger partial charge on any atom is 0.340 e. The molecule has 0 N–H and O–H groups in total. The summed E-state index contributed by atoms with van der Waals surface area (Å²) in [5.41, 5.74) is 4.40. The Balaban J connectivity index is 1.64. The van der Waals surface area contributed by atoms with Crippen molar-refractivity contribution in [2.24, 2.45) is 7.05 Å². The minimum Gasteiger partial charge on any atom is -0.457 e. The Bertz CT molecular complexity index is 1300. The highest BCUT2D eigenvalue weighted by Crippen LogP contribution is 2.24. The lowest BCUT2D eigenvalue weighted by Gasteiger charge is -2.10. The summed E-state index contributed by atoms with van der Waals surface area (Å²) in [7, 11) is 1.80. The van der Waals surface area contributed by atoms with Crippen molar-refractivity contribution in [3.8, 4) is 0 Å². The summed E-state index contributed by atoms with van der Waals surface area (Å²) in [6, 6.07) is 6.90. The second kappa shape index (κ2) is 6.60. The minimum atomic E-state index is -0.511. The first-order chi connectivity index (χ1) is 13.3. The fraction of sp³-hybridized carbons (Fsp3) is 0.238. The number of rotatable bonds is 3. The monoisotopic (exact) mass is 377 g/mol. The van der Waals surface area contributed by atoms with Crippen molar-refractivity contribution in [3.05, 3.63) is 68.8 Å². The number of benzene rings is 1. The highest BCUT2D eigenvalue weighted by Gasteiger charge is 2.15. The van der Waals surface area contributed by atoms with Crippen LogP contribution in [-0.2, 0) is 18.4 Å². The van der Waals surface area contributed by atoms with Crippen LogP contribution < -0.4 is 5.63 Å². The first kappa shape index (κ1) is 17.9. The number of esters is 1. The van der Waals surface area contributed by atoms with Crippen LogP contribution in [0.4, 0.5) is 0 Å². The van der Waals surface area contributed by atoms with Gasteiger partial charge in [-0.2, -0.15) is 5.10 Å². The molecule has 3 aromatic heterocycles. The number of ether oxygens (including phenoxy) is 1. The van der Waals surface area contributed by atoms with E-state index < -0.39 is 11.6 Å². The number of fused-ring (bicyclic) bond motifs is 2. The third-order valence-electron chi connectivity index (χ3n) is 4.97. The number of hydrogen-bond donors (Lipinski definition) is 0. The molecule has 4 aromatic rings. The Hall–Kier alpha value is -3.48. The molecule has 0 bridgehead atoms. The van der Waals surface area contributed by atoms with Gasteiger partial charge in [-0.05, 0) is 38.0 Å². The van der Waals surface area contributed by atoms with E-state index in [4.69, 9.17) is 9.15 Å². The van der Waals surface area contributed by atoms with Gasteiger partial charge in [0.2, 0.25) is 0 Å². The number of nitrogens with zero attached hydrogens (tertiary/aromatic N) is 3. The number of carbonyl (C=O) groups excluding carboxylic acids is 1. The minimum absolute atomic E-state index is 0.0342. The van der Waals surface area contributed by atoms with Crippen LogP contribution >= 0.6 is 0 Å². The summed E-state index contributed by atoms with van der Waals surface area (Å²) < 4.78 is 12.5. The van der Waals surface area contributed by atoms with Gasteiger partial charge in [0.15, 0.2) is 5.65 Å². The van der Waals surface area contributed by atoms with Gasteiger partial charge < -0.3 is 9.15 Å². The Morgan fingerprint density at radius 3 is 2.75 bits per heavy atom. The molecule has 0 aliphatic heterocycles. The molecule has 28 heavy (non-hydrogen) atoms. The second-order valence-corrected chi connectivity index (χ2v) is 6.86. The number of aryl methyl sites for hydroxylation is 4. The molecule has 0 aliphatic carbocycles. The van der Waals surface area contributed by atoms with Crippen molar-refractivity contribution >= 4 is 28.0 Å². The van der Waals surface area contributed by atoms with Gasteiger partial charge in [0.05, 0.1) is 11.3 Å². The van der Waals surface area contributed by atoms with E-state index in [1.54, 1.807) is 17.8 Å². The predicted octanol–water partition coefficient (Wildman–Crippen LogP) is 3.36. The van der Waals surface area contributed by atoms with E-state index in [0.29, 0.717) is 22.4 Å². The van der Waals surface area contributed by atoms with E-state index in [-0.39, 0.29) is 6.61 Å². The van der Waals surface area contributed by atoms with Crippen LogP contribution in [0.3, 0.4) is 0 Å². The smallest absolute Gasteiger partial charge is 0.340 e. The molecule has 0 fully saturated rings. The predicted molar refractivity (Wildman–Crippen MR) is 104 cm³/mol. The third kappa shape index (κ3) is 2.94. The lowest BCUT2D eigenvalue weighted by Crippen LogP contribution is -2.09. The number of hydrogen-bond acceptors (Lipinski definition) is 6. The largest absolute Gasteiger partial charge is 0.457 e. The molecular weight excluding hydrogens is 358 g/mol. The van der Waals surface area contributed by atoms with Crippen LogP contribution in [0.25, 0.3) is 22.0 Å². The molecule has 0 amide bonds. The molecule has 0 aliphatic rings. The third-order valence-corrected chi connectivity index (χ3v) is 4.97. The summed E-state index contributed by atoms with van der Waals surface area (Å²) in [6.07, 6.45) is 1.47. The highest BCUT2D eigenvalue weighted by molar-refractivity contribution is 5.94. The number of pyridine rings is 1. The maximum absolute atomic E-state index is 12.5. The Labute approximate surface area is 160 Å². The average Bonchev–Trinajstić information content (AvgIpc) is 2.96. The molecule has 7 heteroatoms. The van der Waals surface area contributed by atoms with Gasteiger partial charge in [0.1, 0.15) is 12.2 Å². The zero-order chi connectivity index (χ0) is 20.0. The zero-order valence-electron chi connectivity index (χ0n) is 16.1. The van der Waals surface area contributed by atoms with Gasteiger partial charge in [-0.3, -0.25) is 4.68 Å². The van der Waals surface area contributed by atoms with Gasteiger partial charge in [0.25, 0.3) is 0 Å². The Morgan fingerprint density at radius 1 is 1.18 bits per heavy atom. The first-order valence-corrected chi connectivity index (χ1v) is 8.84. The van der Waals surface area contributed by atoms with Crippen LogP contribution in [0.15, 0.2) is 39.7 Å². The quantitative estimate of drug-likeness (QED) is 0.402. The van der Waals surface area contributed by atoms with Crippen molar-refractivity contribution < 1.29 is 13.9 Å². The molecule has 3 heterocycles. The van der Waals surface area contributed by atoms with E-state index in [1.165, 1.54) is 12.3 Å². The molecule has 0 unspecified atom stereocenters. The van der Waals surface area contributed by atoms with E-state index in [2.05, 4.69) is 10.1 Å². The lowest BCUT2D eigenvalue weighted by atomic mass is 10.0. The van der Waals surface area contributed by atoms with E-state index >= 15 is 0 Å². The van der Waals surface area contributed by atoms with E-state index in [9.17, 15) is 9.59 Å². The van der Waals surface area contributed by atoms with Crippen molar-refractivity contribution in [2.75, 3.05) is 0 Å². The highest BCUT2D eigenvalue weighted by atomic mass is 16.5. The van der Waals surface area contributed by atoms with Gasteiger partial charge in [0, 0.05) is 35.6 Å². The van der Waals surface area contributed by atoms with Gasteiger partial charge in [-0.1, -0.05) is 12.1 Å². The lowest BCUT2D eigenvalue weighted by molar-refractivity contribution is 0.0473. The summed E-state index contributed by atoms with van der Waals surface area (Å²) in [5.74, 6) is -0.511. The summed E-state index contributed by atoms with van der Waals surface area (Å²) in [6.45, 7) is 5.67. The van der Waals surface area contributed by atoms with Crippen LogP contribution in [0.1, 0.15) is 32.7 Å². The average molecular weight is 377 g/mol. The van der Waals surface area contributed by atoms with E-state index in [0.717, 1.165) is 27.6 Å². The van der Waals surface area contributed by atoms with Crippen molar-refractivity contribution in [1.82, 2.24) is 14.8 Å². The molecule has 1 aromatic carbocycles. The van der Waals surface area contributed by atoms with Crippen LogP contribution in [0, 0.1) is 20.8 Å². The zero-order valence-corrected chi connectivity index (χ0v) is 16.1. The molecule has 0 radical (unpaired) electrons. The SMILES string of the molecule is Cc1ccc2c(COC(=O)c3cnc4c(c3)c(C)nn4C)cc(=O)oc2c1C. The molecule has 0 atom stereocenters. The Kier molecular flexibility index (Phi) is 4.22. The molecule has 4 rings (SSSR count). The maximum atomic E-state index is 12.5. The summed E-state index contributed by atoms with van der Waals surface area (Å²) >= 11 is 0. The number of carbonyl (C=O) groups is 1. The standard InChI is InChI=1S/C21H19N3O4/c1-11-5-6-16-15(8-18(25)28-19(16)12(11)2)10-27-21(26)14-7-17-13(3)23-24(4)20(17)22-9-14/h5-9H,10H2,1-4H3. The molecule has 0 saturated heterocycles. The van der Waals surface area contributed by atoms with Crippen molar-refractivity contribution in [2.45, 2.75) is 27.4 Å². The second-order valence-electron chi connectivity index (χ2n) is 6.86. The van der Waals surface area contributed by atoms with Crippen molar-refractivity contribution in [3.63, 3.8) is 0 Å². The van der Waals surface area contributed by atoms with Gasteiger partial charge >= 0.3 is 11.6 Å². The fourth-order valence-electron chi connectivity index (χ4n) is 3.29. The fourth-order valence-corrected chi connectivity index (χ4v) is 3.29. The van der Waals surface area contributed by atoms with E-state index in [1.807, 2.05) is 32.9 Å².